The van der Waals surface area contributed by atoms with E-state index in [1.807, 2.05) is 0 Å². The Hall–Kier alpha value is -2.73. The molecule has 0 spiro atoms. The van der Waals surface area contributed by atoms with Crippen molar-refractivity contribution in [3.63, 3.8) is 0 Å². The van der Waals surface area contributed by atoms with Crippen LogP contribution in [0.1, 0.15) is 0 Å². The molecule has 0 saturated carbocycles. The van der Waals surface area contributed by atoms with E-state index in [9.17, 15) is 14.0 Å². The first-order chi connectivity index (χ1) is 11.0. The summed E-state index contributed by atoms with van der Waals surface area (Å²) in [5.41, 5.74) is -0.0876. The molecule has 0 saturated heterocycles. The van der Waals surface area contributed by atoms with Crippen LogP contribution in [0, 0.1) is 5.82 Å². The van der Waals surface area contributed by atoms with Gasteiger partial charge in [-0.2, -0.15) is 5.10 Å². The molecule has 0 bridgehead atoms. The molecule has 0 atom stereocenters. The van der Waals surface area contributed by atoms with Crippen LogP contribution in [0.5, 0.6) is 0 Å². The van der Waals surface area contributed by atoms with Crippen LogP contribution in [-0.2, 0) is 11.3 Å². The van der Waals surface area contributed by atoms with Crippen LogP contribution in [0.15, 0.2) is 53.5 Å². The third-order valence-corrected chi connectivity index (χ3v) is 3.57. The number of nitrogens with zero attached hydrogens (tertiary/aromatic N) is 2. The van der Waals surface area contributed by atoms with E-state index in [4.69, 9.17) is 11.6 Å². The number of hydrogen-bond donors (Lipinski definition) is 1. The van der Waals surface area contributed by atoms with E-state index < -0.39 is 11.7 Å². The third-order valence-electron chi connectivity index (χ3n) is 3.26. The Bertz CT molecular complexity index is 955. The van der Waals surface area contributed by atoms with Gasteiger partial charge >= 0.3 is 0 Å². The van der Waals surface area contributed by atoms with Gasteiger partial charge in [-0.15, -0.1) is 0 Å². The van der Waals surface area contributed by atoms with E-state index in [0.29, 0.717) is 10.8 Å². The first-order valence-corrected chi connectivity index (χ1v) is 7.12. The van der Waals surface area contributed by atoms with Crippen molar-refractivity contribution in [2.24, 2.45) is 0 Å². The Morgan fingerprint density at radius 2 is 2.04 bits per heavy atom. The third kappa shape index (κ3) is 3.22. The Morgan fingerprint density at radius 1 is 1.26 bits per heavy atom. The maximum absolute atomic E-state index is 13.0. The van der Waals surface area contributed by atoms with Gasteiger partial charge in [0.25, 0.3) is 5.56 Å². The van der Waals surface area contributed by atoms with Crippen molar-refractivity contribution in [3.05, 3.63) is 69.9 Å². The minimum Gasteiger partial charge on any atom is -0.323 e. The number of halogens is 2. The Labute approximate surface area is 135 Å². The predicted octanol–water partition coefficient (Wildman–Crippen LogP) is 2.83. The number of carbonyl (C=O) groups excluding carboxylic acids is 1. The molecule has 1 amide bonds. The highest BCUT2D eigenvalue weighted by Crippen LogP contribution is 2.22. The minimum atomic E-state index is -0.500. The first kappa shape index (κ1) is 15.2. The molecule has 23 heavy (non-hydrogen) atoms. The van der Waals surface area contributed by atoms with Crippen molar-refractivity contribution in [1.29, 1.82) is 0 Å². The fourth-order valence-electron chi connectivity index (χ4n) is 2.16. The molecule has 1 N–H and O–H groups in total. The van der Waals surface area contributed by atoms with Crippen LogP contribution in [0.2, 0.25) is 5.02 Å². The lowest BCUT2D eigenvalue weighted by molar-refractivity contribution is -0.117. The number of nitrogens with one attached hydrogen (secondary N) is 1. The van der Waals surface area contributed by atoms with E-state index in [1.54, 1.807) is 24.3 Å². The van der Waals surface area contributed by atoms with E-state index in [1.165, 1.54) is 18.3 Å². The SMILES string of the molecule is O=C(Cn1ncc2ccccc2c1=O)Nc1ccc(F)cc1Cl. The van der Waals surface area contributed by atoms with E-state index >= 15 is 0 Å². The van der Waals surface area contributed by atoms with Gasteiger partial charge in [-0.1, -0.05) is 29.8 Å². The van der Waals surface area contributed by atoms with Crippen LogP contribution < -0.4 is 10.9 Å². The van der Waals surface area contributed by atoms with Crippen LogP contribution in [0.25, 0.3) is 10.8 Å². The summed E-state index contributed by atoms with van der Waals surface area (Å²) in [6, 6.07) is 10.6. The number of fused-ring (bicyclic) bond motifs is 1. The zero-order valence-electron chi connectivity index (χ0n) is 11.8. The van der Waals surface area contributed by atoms with E-state index in [2.05, 4.69) is 10.4 Å². The van der Waals surface area contributed by atoms with Gasteiger partial charge in [-0.3, -0.25) is 9.59 Å². The average Bonchev–Trinajstić information content (AvgIpc) is 2.53. The molecule has 5 nitrogen and oxygen atoms in total. The molecule has 0 aliphatic rings. The van der Waals surface area contributed by atoms with Crippen molar-refractivity contribution >= 4 is 34.0 Å². The second kappa shape index (κ2) is 6.18. The number of aromatic nitrogens is 2. The van der Waals surface area contributed by atoms with Crippen LogP contribution in [0.3, 0.4) is 0 Å². The molecule has 0 aliphatic carbocycles. The molecule has 1 aromatic heterocycles. The standard InChI is InChI=1S/C16H11ClFN3O2/c17-13-7-11(18)5-6-14(13)20-15(22)9-21-16(23)12-4-2-1-3-10(12)8-19-21/h1-8H,9H2,(H,20,22). The maximum Gasteiger partial charge on any atom is 0.275 e. The summed E-state index contributed by atoms with van der Waals surface area (Å²) in [5.74, 6) is -0.983. The van der Waals surface area contributed by atoms with Crippen molar-refractivity contribution in [1.82, 2.24) is 9.78 Å². The highest BCUT2D eigenvalue weighted by atomic mass is 35.5. The molecule has 0 radical (unpaired) electrons. The van der Waals surface area contributed by atoms with Gasteiger partial charge < -0.3 is 5.32 Å². The molecular formula is C16H11ClFN3O2. The van der Waals surface area contributed by atoms with E-state index in [-0.39, 0.29) is 22.8 Å². The number of hydrogen-bond acceptors (Lipinski definition) is 3. The Balaban J connectivity index is 1.83. The number of amides is 1. The lowest BCUT2D eigenvalue weighted by Crippen LogP contribution is -2.29. The fourth-order valence-corrected chi connectivity index (χ4v) is 2.37. The molecule has 3 aromatic rings. The maximum atomic E-state index is 13.0. The average molecular weight is 332 g/mol. The van der Waals surface area contributed by atoms with Crippen molar-refractivity contribution in [2.45, 2.75) is 6.54 Å². The van der Waals surface area contributed by atoms with Gasteiger partial charge in [-0.25, -0.2) is 9.07 Å². The lowest BCUT2D eigenvalue weighted by Gasteiger charge is -2.08. The highest BCUT2D eigenvalue weighted by molar-refractivity contribution is 6.33. The van der Waals surface area contributed by atoms with E-state index in [0.717, 1.165) is 10.7 Å². The summed E-state index contributed by atoms with van der Waals surface area (Å²) in [5, 5.41) is 7.77. The second-order valence-electron chi connectivity index (χ2n) is 4.87. The van der Waals surface area contributed by atoms with Gasteiger partial charge in [0.05, 0.1) is 22.3 Å². The number of rotatable bonds is 3. The molecule has 3 rings (SSSR count). The lowest BCUT2D eigenvalue weighted by atomic mass is 10.2. The number of carbonyl (C=O) groups is 1. The summed E-state index contributed by atoms with van der Waals surface area (Å²) >= 11 is 5.85. The second-order valence-corrected chi connectivity index (χ2v) is 5.27. The summed E-state index contributed by atoms with van der Waals surface area (Å²) in [7, 11) is 0. The summed E-state index contributed by atoms with van der Waals surface area (Å²) in [6.45, 7) is -0.266. The summed E-state index contributed by atoms with van der Waals surface area (Å²) < 4.78 is 14.0. The Kier molecular flexibility index (Phi) is 4.08. The van der Waals surface area contributed by atoms with Gasteiger partial charge in [0.15, 0.2) is 0 Å². The first-order valence-electron chi connectivity index (χ1n) is 6.74. The van der Waals surface area contributed by atoms with Gasteiger partial charge in [-0.05, 0) is 24.3 Å². The number of benzene rings is 2. The zero-order valence-corrected chi connectivity index (χ0v) is 12.5. The van der Waals surface area contributed by atoms with Crippen LogP contribution in [-0.4, -0.2) is 15.7 Å². The fraction of sp³-hybridized carbons (Fsp3) is 0.0625. The largest absolute Gasteiger partial charge is 0.323 e. The van der Waals surface area contributed by atoms with Gasteiger partial charge in [0.2, 0.25) is 5.91 Å². The molecule has 2 aromatic carbocycles. The molecule has 7 heteroatoms. The predicted molar refractivity (Wildman–Crippen MR) is 86.0 cm³/mol. The van der Waals surface area contributed by atoms with Crippen LogP contribution in [0.4, 0.5) is 10.1 Å². The molecule has 1 heterocycles. The molecular weight excluding hydrogens is 321 g/mol. The monoisotopic (exact) mass is 331 g/mol. The minimum absolute atomic E-state index is 0.0807. The summed E-state index contributed by atoms with van der Waals surface area (Å²) in [6.07, 6.45) is 1.52. The quantitative estimate of drug-likeness (QED) is 0.802. The zero-order chi connectivity index (χ0) is 16.4. The molecule has 0 fully saturated rings. The van der Waals surface area contributed by atoms with Gasteiger partial charge in [0.1, 0.15) is 12.4 Å². The van der Waals surface area contributed by atoms with Crippen molar-refractivity contribution < 1.29 is 9.18 Å². The summed E-state index contributed by atoms with van der Waals surface area (Å²) in [4.78, 5) is 24.3. The van der Waals surface area contributed by atoms with Crippen molar-refractivity contribution in [3.8, 4) is 0 Å². The number of anilines is 1. The molecule has 0 unspecified atom stereocenters. The molecule has 0 aliphatic heterocycles. The topological polar surface area (TPSA) is 64.0 Å². The van der Waals surface area contributed by atoms with Crippen LogP contribution >= 0.6 is 11.6 Å². The highest BCUT2D eigenvalue weighted by Gasteiger charge is 2.10. The Morgan fingerprint density at radius 3 is 2.83 bits per heavy atom. The van der Waals surface area contributed by atoms with Gasteiger partial charge in [0, 0.05) is 5.39 Å². The normalized spacial score (nSPS) is 10.7. The van der Waals surface area contributed by atoms with Crippen molar-refractivity contribution in [2.75, 3.05) is 5.32 Å². The smallest absolute Gasteiger partial charge is 0.275 e. The molecule has 116 valence electrons.